The SMILES string of the molecule is Cc1cccc(CC2(F)CCNC2)c1. The fourth-order valence-corrected chi connectivity index (χ4v) is 2.05. The molecule has 1 unspecified atom stereocenters. The average molecular weight is 193 g/mol. The smallest absolute Gasteiger partial charge is 0.128 e. The Morgan fingerprint density at radius 2 is 2.36 bits per heavy atom. The van der Waals surface area contributed by atoms with Crippen LogP contribution in [-0.2, 0) is 6.42 Å². The van der Waals surface area contributed by atoms with Crippen molar-refractivity contribution < 1.29 is 4.39 Å². The Bertz CT molecular complexity index is 316. The summed E-state index contributed by atoms with van der Waals surface area (Å²) in [5, 5.41) is 3.07. The summed E-state index contributed by atoms with van der Waals surface area (Å²) < 4.78 is 14.1. The van der Waals surface area contributed by atoms with Crippen molar-refractivity contribution in [1.29, 1.82) is 0 Å². The van der Waals surface area contributed by atoms with Crippen molar-refractivity contribution in [3.05, 3.63) is 35.4 Å². The maximum absolute atomic E-state index is 14.1. The lowest BCUT2D eigenvalue weighted by molar-refractivity contribution is 0.190. The molecular weight excluding hydrogens is 177 g/mol. The van der Waals surface area contributed by atoms with Gasteiger partial charge >= 0.3 is 0 Å². The first-order chi connectivity index (χ1) is 6.68. The van der Waals surface area contributed by atoms with Gasteiger partial charge in [0.2, 0.25) is 0 Å². The van der Waals surface area contributed by atoms with Crippen LogP contribution in [0.2, 0.25) is 0 Å². The molecule has 1 saturated heterocycles. The van der Waals surface area contributed by atoms with E-state index in [1.807, 2.05) is 25.1 Å². The third-order valence-corrected chi connectivity index (χ3v) is 2.80. The van der Waals surface area contributed by atoms with E-state index < -0.39 is 5.67 Å². The normalized spacial score (nSPS) is 26.7. The molecule has 0 saturated carbocycles. The summed E-state index contributed by atoms with van der Waals surface area (Å²) in [6.45, 7) is 3.35. The largest absolute Gasteiger partial charge is 0.313 e. The van der Waals surface area contributed by atoms with Crippen molar-refractivity contribution in [2.24, 2.45) is 0 Å². The monoisotopic (exact) mass is 193 g/mol. The number of alkyl halides is 1. The summed E-state index contributed by atoms with van der Waals surface area (Å²) in [6, 6.07) is 8.12. The molecule has 0 spiro atoms. The van der Waals surface area contributed by atoms with Gasteiger partial charge in [0.1, 0.15) is 5.67 Å². The highest BCUT2D eigenvalue weighted by Crippen LogP contribution is 2.25. The average Bonchev–Trinajstić information content (AvgIpc) is 2.51. The quantitative estimate of drug-likeness (QED) is 0.759. The van der Waals surface area contributed by atoms with E-state index in [0.717, 1.165) is 12.1 Å². The summed E-state index contributed by atoms with van der Waals surface area (Å²) in [6.07, 6.45) is 1.18. The molecule has 1 fully saturated rings. The second kappa shape index (κ2) is 3.70. The molecule has 2 rings (SSSR count). The molecular formula is C12H16FN. The lowest BCUT2D eigenvalue weighted by Gasteiger charge is -2.18. The van der Waals surface area contributed by atoms with Gasteiger partial charge in [0.05, 0.1) is 0 Å². The number of aryl methyl sites for hydroxylation is 1. The van der Waals surface area contributed by atoms with E-state index in [1.165, 1.54) is 5.56 Å². The van der Waals surface area contributed by atoms with Gasteiger partial charge in [-0.05, 0) is 25.5 Å². The molecule has 1 aromatic rings. The summed E-state index contributed by atoms with van der Waals surface area (Å²) >= 11 is 0. The van der Waals surface area contributed by atoms with E-state index in [9.17, 15) is 4.39 Å². The summed E-state index contributed by atoms with van der Waals surface area (Å²) in [5.74, 6) is 0. The minimum absolute atomic E-state index is 0.501. The van der Waals surface area contributed by atoms with Gasteiger partial charge in [-0.15, -0.1) is 0 Å². The Hall–Kier alpha value is -0.890. The first kappa shape index (κ1) is 9.66. The van der Waals surface area contributed by atoms with E-state index in [0.29, 0.717) is 19.4 Å². The molecule has 1 atom stereocenters. The van der Waals surface area contributed by atoms with Gasteiger partial charge in [0.15, 0.2) is 0 Å². The molecule has 1 heterocycles. The molecule has 2 heteroatoms. The fraction of sp³-hybridized carbons (Fsp3) is 0.500. The Morgan fingerprint density at radius 1 is 1.50 bits per heavy atom. The van der Waals surface area contributed by atoms with Crippen molar-refractivity contribution in [3.8, 4) is 0 Å². The fourth-order valence-electron chi connectivity index (χ4n) is 2.05. The number of hydrogen-bond donors (Lipinski definition) is 1. The van der Waals surface area contributed by atoms with Crippen molar-refractivity contribution in [3.63, 3.8) is 0 Å². The summed E-state index contributed by atoms with van der Waals surface area (Å²) in [4.78, 5) is 0. The van der Waals surface area contributed by atoms with E-state index >= 15 is 0 Å². The number of benzene rings is 1. The summed E-state index contributed by atoms with van der Waals surface area (Å²) in [7, 11) is 0. The van der Waals surface area contributed by atoms with E-state index in [1.54, 1.807) is 0 Å². The van der Waals surface area contributed by atoms with Crippen LogP contribution in [0.3, 0.4) is 0 Å². The molecule has 76 valence electrons. The molecule has 1 N–H and O–H groups in total. The second-order valence-electron chi connectivity index (χ2n) is 4.24. The first-order valence-corrected chi connectivity index (χ1v) is 5.13. The minimum Gasteiger partial charge on any atom is -0.313 e. The maximum Gasteiger partial charge on any atom is 0.128 e. The lowest BCUT2D eigenvalue weighted by Crippen LogP contribution is -2.28. The van der Waals surface area contributed by atoms with Gasteiger partial charge in [-0.1, -0.05) is 29.8 Å². The van der Waals surface area contributed by atoms with Crippen LogP contribution in [0.25, 0.3) is 0 Å². The zero-order chi connectivity index (χ0) is 10.0. The molecule has 0 radical (unpaired) electrons. The highest BCUT2D eigenvalue weighted by molar-refractivity contribution is 5.24. The third kappa shape index (κ3) is 2.13. The molecule has 0 aliphatic carbocycles. The van der Waals surface area contributed by atoms with E-state index in [4.69, 9.17) is 0 Å². The van der Waals surface area contributed by atoms with Gasteiger partial charge in [-0.2, -0.15) is 0 Å². The van der Waals surface area contributed by atoms with Crippen LogP contribution in [0.15, 0.2) is 24.3 Å². The Kier molecular flexibility index (Phi) is 2.55. The Labute approximate surface area is 84.3 Å². The predicted octanol–water partition coefficient (Wildman–Crippen LogP) is 2.24. The van der Waals surface area contributed by atoms with Gasteiger partial charge in [-0.3, -0.25) is 0 Å². The highest BCUT2D eigenvalue weighted by atomic mass is 19.1. The molecule has 1 aliphatic rings. The van der Waals surface area contributed by atoms with Crippen LogP contribution in [0.4, 0.5) is 4.39 Å². The predicted molar refractivity (Wildman–Crippen MR) is 56.2 cm³/mol. The Balaban J connectivity index is 2.10. The van der Waals surface area contributed by atoms with Crippen LogP contribution in [0.5, 0.6) is 0 Å². The molecule has 1 nitrogen and oxygen atoms in total. The van der Waals surface area contributed by atoms with Crippen molar-refractivity contribution in [1.82, 2.24) is 5.32 Å². The van der Waals surface area contributed by atoms with Crippen molar-refractivity contribution in [2.75, 3.05) is 13.1 Å². The third-order valence-electron chi connectivity index (χ3n) is 2.80. The van der Waals surface area contributed by atoms with Crippen LogP contribution in [0.1, 0.15) is 17.5 Å². The lowest BCUT2D eigenvalue weighted by atomic mass is 9.95. The number of rotatable bonds is 2. The van der Waals surface area contributed by atoms with Gasteiger partial charge in [0.25, 0.3) is 0 Å². The van der Waals surface area contributed by atoms with Gasteiger partial charge in [0, 0.05) is 13.0 Å². The van der Waals surface area contributed by atoms with Crippen molar-refractivity contribution >= 4 is 0 Å². The highest BCUT2D eigenvalue weighted by Gasteiger charge is 2.33. The van der Waals surface area contributed by atoms with Crippen LogP contribution >= 0.6 is 0 Å². The molecule has 1 aliphatic heterocycles. The zero-order valence-corrected chi connectivity index (χ0v) is 8.52. The molecule has 0 amide bonds. The van der Waals surface area contributed by atoms with Gasteiger partial charge < -0.3 is 5.32 Å². The molecule has 0 bridgehead atoms. The van der Waals surface area contributed by atoms with Crippen LogP contribution in [-0.4, -0.2) is 18.8 Å². The number of nitrogens with one attached hydrogen (secondary N) is 1. The minimum atomic E-state index is -1.02. The van der Waals surface area contributed by atoms with Crippen LogP contribution in [0, 0.1) is 6.92 Å². The topological polar surface area (TPSA) is 12.0 Å². The zero-order valence-electron chi connectivity index (χ0n) is 8.52. The number of hydrogen-bond acceptors (Lipinski definition) is 1. The van der Waals surface area contributed by atoms with Crippen LogP contribution < -0.4 is 5.32 Å². The molecule has 1 aromatic carbocycles. The first-order valence-electron chi connectivity index (χ1n) is 5.13. The molecule has 14 heavy (non-hydrogen) atoms. The Morgan fingerprint density at radius 3 is 3.00 bits per heavy atom. The maximum atomic E-state index is 14.1. The molecule has 0 aromatic heterocycles. The van der Waals surface area contributed by atoms with E-state index in [-0.39, 0.29) is 0 Å². The second-order valence-corrected chi connectivity index (χ2v) is 4.24. The number of halogens is 1. The standard InChI is InChI=1S/C12H16FN/c1-10-3-2-4-11(7-10)8-12(13)5-6-14-9-12/h2-4,7,14H,5-6,8-9H2,1H3. The van der Waals surface area contributed by atoms with E-state index in [2.05, 4.69) is 11.4 Å². The summed E-state index contributed by atoms with van der Waals surface area (Å²) in [5.41, 5.74) is 1.29. The van der Waals surface area contributed by atoms with Crippen molar-refractivity contribution in [2.45, 2.75) is 25.4 Å². The van der Waals surface area contributed by atoms with Gasteiger partial charge in [-0.25, -0.2) is 4.39 Å².